The second-order valence-electron chi connectivity index (χ2n) is 3.59. The molecule has 14 heavy (non-hydrogen) atoms. The van der Waals surface area contributed by atoms with Crippen molar-refractivity contribution in [3.8, 4) is 11.5 Å². The van der Waals surface area contributed by atoms with Crippen LogP contribution in [-0.4, -0.2) is 25.3 Å². The molecule has 1 saturated heterocycles. The van der Waals surface area contributed by atoms with Crippen molar-refractivity contribution in [1.29, 1.82) is 0 Å². The van der Waals surface area contributed by atoms with Crippen molar-refractivity contribution in [1.82, 2.24) is 5.32 Å². The van der Waals surface area contributed by atoms with Gasteiger partial charge in [0.2, 0.25) is 0 Å². The van der Waals surface area contributed by atoms with E-state index in [4.69, 9.17) is 4.74 Å². The number of nitrogens with one attached hydrogen (secondary N) is 1. The van der Waals surface area contributed by atoms with E-state index in [1.54, 1.807) is 13.2 Å². The lowest BCUT2D eigenvalue weighted by Gasteiger charge is -2.13. The number of phenols is 1. The van der Waals surface area contributed by atoms with Crippen LogP contribution in [0.4, 0.5) is 0 Å². The molecule has 1 aliphatic rings. The molecule has 1 aromatic carbocycles. The molecule has 0 amide bonds. The minimum absolute atomic E-state index is 0.295. The Morgan fingerprint density at radius 3 is 3.00 bits per heavy atom. The highest BCUT2D eigenvalue weighted by atomic mass is 16.5. The predicted octanol–water partition coefficient (Wildman–Crippen LogP) is 1.48. The number of aromatic hydroxyl groups is 1. The second kappa shape index (κ2) is 3.88. The maximum Gasteiger partial charge on any atom is 0.161 e. The summed E-state index contributed by atoms with van der Waals surface area (Å²) in [6.07, 6.45) is 1.08. The number of hydrogen-bond donors (Lipinski definition) is 2. The van der Waals surface area contributed by atoms with E-state index in [0.29, 0.717) is 17.4 Å². The lowest BCUT2D eigenvalue weighted by Crippen LogP contribution is -2.08. The summed E-state index contributed by atoms with van der Waals surface area (Å²) in [6, 6.07) is 5.67. The first-order valence-electron chi connectivity index (χ1n) is 4.89. The minimum Gasteiger partial charge on any atom is -0.504 e. The normalized spacial score (nSPS) is 21.1. The number of methoxy groups -OCH3 is 1. The van der Waals surface area contributed by atoms with Crippen LogP contribution in [0, 0.1) is 0 Å². The van der Waals surface area contributed by atoms with E-state index >= 15 is 0 Å². The van der Waals surface area contributed by atoms with Gasteiger partial charge in [-0.05, 0) is 19.0 Å². The van der Waals surface area contributed by atoms with Gasteiger partial charge in [0.25, 0.3) is 0 Å². The van der Waals surface area contributed by atoms with E-state index in [-0.39, 0.29) is 0 Å². The highest BCUT2D eigenvalue weighted by Gasteiger charge is 2.20. The van der Waals surface area contributed by atoms with Crippen molar-refractivity contribution in [2.45, 2.75) is 12.3 Å². The van der Waals surface area contributed by atoms with E-state index < -0.39 is 0 Å². The molecule has 0 aromatic heterocycles. The van der Waals surface area contributed by atoms with Crippen molar-refractivity contribution in [2.24, 2.45) is 0 Å². The number of hydrogen-bond acceptors (Lipinski definition) is 3. The van der Waals surface area contributed by atoms with Gasteiger partial charge in [0, 0.05) is 18.0 Å². The maximum absolute atomic E-state index is 9.90. The van der Waals surface area contributed by atoms with Crippen molar-refractivity contribution in [3.05, 3.63) is 23.8 Å². The van der Waals surface area contributed by atoms with E-state index in [1.807, 2.05) is 12.1 Å². The van der Waals surface area contributed by atoms with Crippen molar-refractivity contribution >= 4 is 0 Å². The molecule has 1 heterocycles. The summed E-state index contributed by atoms with van der Waals surface area (Å²) in [5, 5.41) is 13.2. The van der Waals surface area contributed by atoms with Crippen LogP contribution in [0.25, 0.3) is 0 Å². The number of benzene rings is 1. The average molecular weight is 193 g/mol. The second-order valence-corrected chi connectivity index (χ2v) is 3.59. The summed E-state index contributed by atoms with van der Waals surface area (Å²) in [6.45, 7) is 1.97. The van der Waals surface area contributed by atoms with Gasteiger partial charge in [-0.2, -0.15) is 0 Å². The molecular weight excluding hydrogens is 178 g/mol. The van der Waals surface area contributed by atoms with Crippen LogP contribution < -0.4 is 10.1 Å². The SMILES string of the molecule is COc1cccc([C@H]2CCNC2)c1O. The van der Waals surface area contributed by atoms with E-state index in [2.05, 4.69) is 5.32 Å². The Morgan fingerprint density at radius 2 is 2.36 bits per heavy atom. The number of ether oxygens (including phenoxy) is 1. The third-order valence-corrected chi connectivity index (χ3v) is 2.75. The molecule has 76 valence electrons. The molecule has 3 heteroatoms. The first kappa shape index (κ1) is 9.34. The molecule has 1 atom stereocenters. The Labute approximate surface area is 83.7 Å². The number of rotatable bonds is 2. The molecule has 0 spiro atoms. The quantitative estimate of drug-likeness (QED) is 0.747. The van der Waals surface area contributed by atoms with Gasteiger partial charge in [-0.15, -0.1) is 0 Å². The van der Waals surface area contributed by atoms with Crippen LogP contribution in [0.1, 0.15) is 17.9 Å². The van der Waals surface area contributed by atoms with Gasteiger partial charge in [-0.25, -0.2) is 0 Å². The van der Waals surface area contributed by atoms with Gasteiger partial charge in [-0.3, -0.25) is 0 Å². The minimum atomic E-state index is 0.295. The highest BCUT2D eigenvalue weighted by Crippen LogP contribution is 2.36. The van der Waals surface area contributed by atoms with Gasteiger partial charge in [0.15, 0.2) is 11.5 Å². The standard InChI is InChI=1S/C11H15NO2/c1-14-10-4-2-3-9(11(10)13)8-5-6-12-7-8/h2-4,8,12-13H,5-7H2,1H3/t8-/m0/s1. The molecular formula is C11H15NO2. The van der Waals surface area contributed by atoms with Gasteiger partial charge < -0.3 is 15.2 Å². The van der Waals surface area contributed by atoms with Gasteiger partial charge in [0.05, 0.1) is 7.11 Å². The van der Waals surface area contributed by atoms with E-state index in [9.17, 15) is 5.11 Å². The Hall–Kier alpha value is -1.22. The smallest absolute Gasteiger partial charge is 0.161 e. The Balaban J connectivity index is 2.32. The van der Waals surface area contributed by atoms with Crippen LogP contribution in [0.5, 0.6) is 11.5 Å². The zero-order valence-corrected chi connectivity index (χ0v) is 8.29. The predicted molar refractivity (Wildman–Crippen MR) is 54.9 cm³/mol. The Morgan fingerprint density at radius 1 is 1.50 bits per heavy atom. The fourth-order valence-electron chi connectivity index (χ4n) is 1.95. The molecule has 0 radical (unpaired) electrons. The van der Waals surface area contributed by atoms with Crippen LogP contribution in [0.15, 0.2) is 18.2 Å². The largest absolute Gasteiger partial charge is 0.504 e. The third kappa shape index (κ3) is 1.55. The molecule has 0 aliphatic carbocycles. The number of phenolic OH excluding ortho intramolecular Hbond substituents is 1. The van der Waals surface area contributed by atoms with Crippen molar-refractivity contribution < 1.29 is 9.84 Å². The number of para-hydroxylation sites is 1. The Bertz CT molecular complexity index is 319. The Kier molecular flexibility index (Phi) is 2.59. The molecule has 0 saturated carbocycles. The summed E-state index contributed by atoms with van der Waals surface area (Å²) in [5.41, 5.74) is 0.995. The molecule has 1 fully saturated rings. The topological polar surface area (TPSA) is 41.5 Å². The first-order valence-corrected chi connectivity index (χ1v) is 4.89. The fourth-order valence-corrected chi connectivity index (χ4v) is 1.95. The molecule has 2 N–H and O–H groups in total. The van der Waals surface area contributed by atoms with Crippen LogP contribution >= 0.6 is 0 Å². The highest BCUT2D eigenvalue weighted by molar-refractivity contribution is 5.47. The monoisotopic (exact) mass is 193 g/mol. The maximum atomic E-state index is 9.90. The van der Waals surface area contributed by atoms with Crippen molar-refractivity contribution in [2.75, 3.05) is 20.2 Å². The molecule has 0 bridgehead atoms. The molecule has 1 aliphatic heterocycles. The molecule has 2 rings (SSSR count). The molecule has 3 nitrogen and oxygen atoms in total. The van der Waals surface area contributed by atoms with Crippen LogP contribution in [0.3, 0.4) is 0 Å². The summed E-state index contributed by atoms with van der Waals surface area (Å²) in [4.78, 5) is 0. The van der Waals surface area contributed by atoms with E-state index in [0.717, 1.165) is 25.1 Å². The van der Waals surface area contributed by atoms with Crippen LogP contribution in [0.2, 0.25) is 0 Å². The third-order valence-electron chi connectivity index (χ3n) is 2.75. The summed E-state index contributed by atoms with van der Waals surface area (Å²) < 4.78 is 5.07. The lowest BCUT2D eigenvalue weighted by molar-refractivity contribution is 0.369. The summed E-state index contributed by atoms with van der Waals surface area (Å²) in [7, 11) is 1.58. The lowest BCUT2D eigenvalue weighted by atomic mass is 9.97. The fraction of sp³-hybridized carbons (Fsp3) is 0.455. The average Bonchev–Trinajstić information content (AvgIpc) is 2.71. The van der Waals surface area contributed by atoms with Crippen LogP contribution in [-0.2, 0) is 0 Å². The van der Waals surface area contributed by atoms with Gasteiger partial charge >= 0.3 is 0 Å². The molecule has 0 unspecified atom stereocenters. The van der Waals surface area contributed by atoms with Gasteiger partial charge in [-0.1, -0.05) is 12.1 Å². The summed E-state index contributed by atoms with van der Waals surface area (Å²) in [5.74, 6) is 1.28. The van der Waals surface area contributed by atoms with Crippen molar-refractivity contribution in [3.63, 3.8) is 0 Å². The van der Waals surface area contributed by atoms with Gasteiger partial charge in [0.1, 0.15) is 0 Å². The zero-order valence-electron chi connectivity index (χ0n) is 8.29. The van der Waals surface area contributed by atoms with E-state index in [1.165, 1.54) is 0 Å². The molecule has 1 aromatic rings. The zero-order chi connectivity index (χ0) is 9.97. The first-order chi connectivity index (χ1) is 6.83. The summed E-state index contributed by atoms with van der Waals surface area (Å²) >= 11 is 0.